The van der Waals surface area contributed by atoms with Crippen LogP contribution in [-0.4, -0.2) is 47.7 Å². The third-order valence-corrected chi connectivity index (χ3v) is 6.30. The molecule has 2 aliphatic heterocycles. The second-order valence-corrected chi connectivity index (χ2v) is 8.40. The van der Waals surface area contributed by atoms with Crippen LogP contribution < -0.4 is 4.74 Å². The molecule has 6 heteroatoms. The first-order chi connectivity index (χ1) is 14.6. The molecule has 5 nitrogen and oxygen atoms in total. The minimum atomic E-state index is -0.299. The van der Waals surface area contributed by atoms with E-state index in [1.54, 1.807) is 24.5 Å². The van der Waals surface area contributed by atoms with Crippen LogP contribution in [0.15, 0.2) is 48.8 Å². The number of benzene rings is 1. The van der Waals surface area contributed by atoms with Crippen molar-refractivity contribution in [1.29, 1.82) is 0 Å². The third kappa shape index (κ3) is 5.36. The number of amides is 1. The Bertz CT molecular complexity index is 837. The van der Waals surface area contributed by atoms with Gasteiger partial charge in [0.1, 0.15) is 11.6 Å². The number of rotatable bonds is 6. The molecule has 0 bridgehead atoms. The molecule has 0 saturated carbocycles. The van der Waals surface area contributed by atoms with Crippen LogP contribution in [0.1, 0.15) is 37.7 Å². The van der Waals surface area contributed by atoms with Crippen LogP contribution >= 0.6 is 0 Å². The van der Waals surface area contributed by atoms with Gasteiger partial charge in [-0.05, 0) is 67.9 Å². The number of likely N-dealkylation sites (tertiary alicyclic amines) is 1. The molecule has 0 radical (unpaired) electrons. The number of carbonyl (C=O) groups is 1. The predicted molar refractivity (Wildman–Crippen MR) is 112 cm³/mol. The molecule has 2 saturated heterocycles. The minimum absolute atomic E-state index is 0.0627. The molecular formula is C24H29FN2O3. The first kappa shape index (κ1) is 20.8. The van der Waals surface area contributed by atoms with Gasteiger partial charge in [-0.1, -0.05) is 12.1 Å². The van der Waals surface area contributed by atoms with Gasteiger partial charge in [0.2, 0.25) is 5.91 Å². The minimum Gasteiger partial charge on any atom is -0.492 e. The van der Waals surface area contributed by atoms with Crippen LogP contribution in [0.3, 0.4) is 0 Å². The van der Waals surface area contributed by atoms with E-state index in [0.717, 1.165) is 50.0 Å². The molecule has 1 spiro atoms. The van der Waals surface area contributed by atoms with E-state index >= 15 is 0 Å². The number of halogens is 1. The van der Waals surface area contributed by atoms with E-state index in [1.165, 1.54) is 12.1 Å². The number of piperidine rings is 1. The molecule has 0 N–H and O–H groups in total. The van der Waals surface area contributed by atoms with Crippen molar-refractivity contribution in [1.82, 2.24) is 9.88 Å². The zero-order chi connectivity index (χ0) is 20.8. The molecule has 1 aromatic heterocycles. The fourth-order valence-corrected chi connectivity index (χ4v) is 4.60. The Morgan fingerprint density at radius 2 is 2.13 bits per heavy atom. The molecule has 1 amide bonds. The van der Waals surface area contributed by atoms with Crippen molar-refractivity contribution in [3.63, 3.8) is 0 Å². The maximum Gasteiger partial charge on any atom is 0.226 e. The lowest BCUT2D eigenvalue weighted by Crippen LogP contribution is -2.51. The Balaban J connectivity index is 1.24. The molecule has 0 aliphatic carbocycles. The highest BCUT2D eigenvalue weighted by Crippen LogP contribution is 2.39. The summed E-state index contributed by atoms with van der Waals surface area (Å²) < 4.78 is 25.4. The van der Waals surface area contributed by atoms with Crippen LogP contribution in [0.2, 0.25) is 0 Å². The second kappa shape index (κ2) is 9.56. The summed E-state index contributed by atoms with van der Waals surface area (Å²) in [6.45, 7) is 2.86. The predicted octanol–water partition coefficient (Wildman–Crippen LogP) is 4.02. The number of hydrogen-bond donors (Lipinski definition) is 0. The zero-order valence-electron chi connectivity index (χ0n) is 17.3. The van der Waals surface area contributed by atoms with Gasteiger partial charge < -0.3 is 14.4 Å². The van der Waals surface area contributed by atoms with Gasteiger partial charge in [-0.15, -0.1) is 0 Å². The summed E-state index contributed by atoms with van der Waals surface area (Å²) in [6.07, 6.45) is 8.54. The largest absolute Gasteiger partial charge is 0.492 e. The summed E-state index contributed by atoms with van der Waals surface area (Å²) in [6, 6.07) is 10.1. The van der Waals surface area contributed by atoms with Crippen molar-refractivity contribution >= 4 is 5.91 Å². The van der Waals surface area contributed by atoms with Gasteiger partial charge in [-0.25, -0.2) is 4.39 Å². The highest BCUT2D eigenvalue weighted by molar-refractivity contribution is 5.78. The summed E-state index contributed by atoms with van der Waals surface area (Å²) in [5.41, 5.74) is 0.607. The standard InChI is InChI=1S/C24H29FN2O3/c25-21-4-1-3-20(15-21)16-23(28)27-11-8-24(9-12-27)17-19(7-14-30-24)6-13-29-22-5-2-10-26-18-22/h1-5,10,15,18-19H,6-9,11-14,16-17H2. The van der Waals surface area contributed by atoms with Gasteiger partial charge >= 0.3 is 0 Å². The average Bonchev–Trinajstić information content (AvgIpc) is 2.75. The normalized spacial score (nSPS) is 20.8. The number of ether oxygens (including phenoxy) is 2. The van der Waals surface area contributed by atoms with Crippen molar-refractivity contribution in [2.75, 3.05) is 26.3 Å². The summed E-state index contributed by atoms with van der Waals surface area (Å²) >= 11 is 0. The molecule has 3 heterocycles. The quantitative estimate of drug-likeness (QED) is 0.719. The second-order valence-electron chi connectivity index (χ2n) is 8.40. The third-order valence-electron chi connectivity index (χ3n) is 6.30. The van der Waals surface area contributed by atoms with Crippen molar-refractivity contribution < 1.29 is 18.7 Å². The number of nitrogens with zero attached hydrogens (tertiary/aromatic N) is 2. The molecule has 160 valence electrons. The Kier molecular flexibility index (Phi) is 6.62. The summed E-state index contributed by atoms with van der Waals surface area (Å²) in [5, 5.41) is 0. The topological polar surface area (TPSA) is 51.7 Å². The molecule has 2 fully saturated rings. The van der Waals surface area contributed by atoms with E-state index in [-0.39, 0.29) is 23.7 Å². The molecule has 30 heavy (non-hydrogen) atoms. The number of pyridine rings is 1. The first-order valence-electron chi connectivity index (χ1n) is 10.8. The highest BCUT2D eigenvalue weighted by atomic mass is 19.1. The molecule has 2 aliphatic rings. The average molecular weight is 413 g/mol. The fourth-order valence-electron chi connectivity index (χ4n) is 4.60. The van der Waals surface area contributed by atoms with Gasteiger partial charge in [-0.3, -0.25) is 9.78 Å². The van der Waals surface area contributed by atoms with Crippen LogP contribution in [0, 0.1) is 11.7 Å². The molecule has 4 rings (SSSR count). The van der Waals surface area contributed by atoms with Crippen molar-refractivity contribution in [3.05, 3.63) is 60.2 Å². The monoisotopic (exact) mass is 412 g/mol. The maximum absolute atomic E-state index is 13.4. The van der Waals surface area contributed by atoms with Crippen molar-refractivity contribution in [3.8, 4) is 5.75 Å². The van der Waals surface area contributed by atoms with Gasteiger partial charge in [0.15, 0.2) is 0 Å². The molecule has 1 aromatic carbocycles. The van der Waals surface area contributed by atoms with E-state index < -0.39 is 0 Å². The van der Waals surface area contributed by atoms with E-state index in [0.29, 0.717) is 25.6 Å². The van der Waals surface area contributed by atoms with Gasteiger partial charge in [0, 0.05) is 25.9 Å². The number of aromatic nitrogens is 1. The Morgan fingerprint density at radius 1 is 1.27 bits per heavy atom. The Labute approximate surface area is 177 Å². The van der Waals surface area contributed by atoms with E-state index in [9.17, 15) is 9.18 Å². The van der Waals surface area contributed by atoms with Crippen molar-refractivity contribution in [2.24, 2.45) is 5.92 Å². The Hall–Kier alpha value is -2.47. The summed E-state index contributed by atoms with van der Waals surface area (Å²) in [4.78, 5) is 18.6. The van der Waals surface area contributed by atoms with Crippen LogP contribution in [0.4, 0.5) is 4.39 Å². The van der Waals surface area contributed by atoms with Crippen LogP contribution in [-0.2, 0) is 16.0 Å². The highest BCUT2D eigenvalue weighted by Gasteiger charge is 2.40. The SMILES string of the molecule is O=C(Cc1cccc(F)c1)N1CCC2(CC1)CC(CCOc1cccnc1)CCO2. The van der Waals surface area contributed by atoms with E-state index in [1.807, 2.05) is 17.0 Å². The lowest BCUT2D eigenvalue weighted by molar-refractivity contribution is -0.147. The first-order valence-corrected chi connectivity index (χ1v) is 10.8. The van der Waals surface area contributed by atoms with Gasteiger partial charge in [0.05, 0.1) is 24.8 Å². The summed E-state index contributed by atoms with van der Waals surface area (Å²) in [5.74, 6) is 1.15. The zero-order valence-corrected chi connectivity index (χ0v) is 17.3. The van der Waals surface area contributed by atoms with E-state index in [4.69, 9.17) is 9.47 Å². The molecule has 1 atom stereocenters. The van der Waals surface area contributed by atoms with Crippen LogP contribution in [0.5, 0.6) is 5.75 Å². The Morgan fingerprint density at radius 3 is 2.90 bits per heavy atom. The maximum atomic E-state index is 13.4. The van der Waals surface area contributed by atoms with Crippen molar-refractivity contribution in [2.45, 2.75) is 44.1 Å². The van der Waals surface area contributed by atoms with E-state index in [2.05, 4.69) is 4.98 Å². The molecular weight excluding hydrogens is 383 g/mol. The van der Waals surface area contributed by atoms with Gasteiger partial charge in [-0.2, -0.15) is 0 Å². The van der Waals surface area contributed by atoms with Crippen LogP contribution in [0.25, 0.3) is 0 Å². The molecule has 2 aromatic rings. The lowest BCUT2D eigenvalue weighted by Gasteiger charge is -2.46. The summed E-state index contributed by atoms with van der Waals surface area (Å²) in [7, 11) is 0. The number of carbonyl (C=O) groups excluding carboxylic acids is 1. The van der Waals surface area contributed by atoms with Gasteiger partial charge in [0.25, 0.3) is 0 Å². The molecule has 1 unspecified atom stereocenters. The fraction of sp³-hybridized carbons (Fsp3) is 0.500. The smallest absolute Gasteiger partial charge is 0.226 e. The number of hydrogen-bond acceptors (Lipinski definition) is 4. The lowest BCUT2D eigenvalue weighted by atomic mass is 9.78.